The molecule has 0 aromatic heterocycles. The molecule has 0 radical (unpaired) electrons. The number of halogens is 2. The first-order valence-electron chi connectivity index (χ1n) is 7.39. The summed E-state index contributed by atoms with van der Waals surface area (Å²) in [4.78, 5) is 8.91. The first-order chi connectivity index (χ1) is 9.43. The SMILES string of the molecule is C/C=N/C(C)C/N=C(\C=C(C)C)C1CC[C@@H](C(F)F)C1. The first-order valence-corrected chi connectivity index (χ1v) is 7.39. The van der Waals surface area contributed by atoms with E-state index in [2.05, 4.69) is 9.98 Å². The topological polar surface area (TPSA) is 24.7 Å². The minimum Gasteiger partial charge on any atom is -0.293 e. The van der Waals surface area contributed by atoms with Crippen molar-refractivity contribution in [1.29, 1.82) is 0 Å². The Morgan fingerprint density at radius 3 is 2.50 bits per heavy atom. The second kappa shape index (κ2) is 8.28. The third-order valence-electron chi connectivity index (χ3n) is 3.63. The van der Waals surface area contributed by atoms with Gasteiger partial charge >= 0.3 is 0 Å². The van der Waals surface area contributed by atoms with Crippen LogP contribution in [0, 0.1) is 11.8 Å². The quantitative estimate of drug-likeness (QED) is 0.639. The second-order valence-corrected chi connectivity index (χ2v) is 5.85. The van der Waals surface area contributed by atoms with Crippen molar-refractivity contribution in [2.45, 2.75) is 59.4 Å². The Bertz CT molecular complexity index is 382. The van der Waals surface area contributed by atoms with Crippen molar-refractivity contribution < 1.29 is 8.78 Å². The average molecular weight is 284 g/mol. The van der Waals surface area contributed by atoms with Gasteiger partial charge in [-0.1, -0.05) is 5.57 Å². The maximum Gasteiger partial charge on any atom is 0.241 e. The Labute approximate surface area is 121 Å². The molecule has 0 aromatic carbocycles. The fourth-order valence-corrected chi connectivity index (χ4v) is 2.64. The molecule has 0 aliphatic heterocycles. The van der Waals surface area contributed by atoms with Crippen molar-refractivity contribution in [3.63, 3.8) is 0 Å². The lowest BCUT2D eigenvalue weighted by Gasteiger charge is -2.13. The largest absolute Gasteiger partial charge is 0.293 e. The van der Waals surface area contributed by atoms with E-state index in [9.17, 15) is 8.78 Å². The number of allylic oxidation sites excluding steroid dienone is 2. The molecule has 0 saturated heterocycles. The van der Waals surface area contributed by atoms with Gasteiger partial charge in [-0.25, -0.2) is 8.78 Å². The normalized spacial score (nSPS) is 25.4. The minimum atomic E-state index is -2.20. The van der Waals surface area contributed by atoms with E-state index in [0.717, 1.165) is 17.7 Å². The van der Waals surface area contributed by atoms with Gasteiger partial charge in [0.1, 0.15) is 0 Å². The highest BCUT2D eigenvalue weighted by Gasteiger charge is 2.32. The summed E-state index contributed by atoms with van der Waals surface area (Å²) in [5.41, 5.74) is 2.14. The molecule has 114 valence electrons. The van der Waals surface area contributed by atoms with E-state index in [-0.39, 0.29) is 12.0 Å². The molecule has 0 aromatic rings. The van der Waals surface area contributed by atoms with Crippen LogP contribution >= 0.6 is 0 Å². The van der Waals surface area contributed by atoms with E-state index < -0.39 is 12.3 Å². The zero-order valence-corrected chi connectivity index (χ0v) is 12.9. The highest BCUT2D eigenvalue weighted by Crippen LogP contribution is 2.36. The minimum absolute atomic E-state index is 0.146. The van der Waals surface area contributed by atoms with Crippen LogP contribution in [0.4, 0.5) is 8.78 Å². The predicted molar refractivity (Wildman–Crippen MR) is 82.2 cm³/mol. The predicted octanol–water partition coefficient (Wildman–Crippen LogP) is 4.55. The van der Waals surface area contributed by atoms with Crippen LogP contribution < -0.4 is 0 Å². The van der Waals surface area contributed by atoms with Gasteiger partial charge in [0.05, 0.1) is 12.6 Å². The van der Waals surface area contributed by atoms with E-state index >= 15 is 0 Å². The van der Waals surface area contributed by atoms with Crippen molar-refractivity contribution in [3.8, 4) is 0 Å². The summed E-state index contributed by atoms with van der Waals surface area (Å²) in [6, 6.07) is 0.146. The van der Waals surface area contributed by atoms with Crippen LogP contribution in [0.25, 0.3) is 0 Å². The lowest BCUT2D eigenvalue weighted by molar-refractivity contribution is 0.0797. The van der Waals surface area contributed by atoms with E-state index in [4.69, 9.17) is 0 Å². The summed E-state index contributed by atoms with van der Waals surface area (Å²) in [5.74, 6) is -0.274. The molecule has 0 bridgehead atoms. The van der Waals surface area contributed by atoms with Crippen LogP contribution in [0.3, 0.4) is 0 Å². The fraction of sp³-hybridized carbons (Fsp3) is 0.750. The summed E-state index contributed by atoms with van der Waals surface area (Å²) in [5, 5.41) is 0. The molecule has 2 unspecified atom stereocenters. The van der Waals surface area contributed by atoms with Gasteiger partial charge in [-0.15, -0.1) is 0 Å². The number of hydrogen-bond acceptors (Lipinski definition) is 2. The van der Waals surface area contributed by atoms with E-state index in [1.807, 2.05) is 33.8 Å². The Balaban J connectivity index is 2.75. The Hall–Kier alpha value is -1.06. The van der Waals surface area contributed by atoms with Crippen LogP contribution in [0.15, 0.2) is 21.6 Å². The monoisotopic (exact) mass is 284 g/mol. The molecular weight excluding hydrogens is 258 g/mol. The molecule has 0 spiro atoms. The zero-order chi connectivity index (χ0) is 15.1. The van der Waals surface area contributed by atoms with Gasteiger partial charge in [-0.05, 0) is 59.2 Å². The third-order valence-corrected chi connectivity index (χ3v) is 3.63. The van der Waals surface area contributed by atoms with Crippen LogP contribution in [-0.4, -0.2) is 30.9 Å². The van der Waals surface area contributed by atoms with Crippen molar-refractivity contribution in [2.24, 2.45) is 21.8 Å². The number of aliphatic imine (C=N–C) groups is 2. The van der Waals surface area contributed by atoms with Crippen LogP contribution in [-0.2, 0) is 0 Å². The highest BCUT2D eigenvalue weighted by molar-refractivity contribution is 5.97. The molecule has 0 heterocycles. The number of rotatable bonds is 6. The smallest absolute Gasteiger partial charge is 0.241 e. The molecule has 4 heteroatoms. The molecule has 1 aliphatic rings. The van der Waals surface area contributed by atoms with Gasteiger partial charge in [0.15, 0.2) is 0 Å². The lowest BCUT2D eigenvalue weighted by atomic mass is 9.98. The fourth-order valence-electron chi connectivity index (χ4n) is 2.64. The highest BCUT2D eigenvalue weighted by atomic mass is 19.3. The number of alkyl halides is 2. The van der Waals surface area contributed by atoms with Crippen molar-refractivity contribution >= 4 is 11.9 Å². The molecule has 1 saturated carbocycles. The van der Waals surface area contributed by atoms with Crippen LogP contribution in [0.1, 0.15) is 47.0 Å². The molecule has 1 fully saturated rings. The molecule has 3 atom stereocenters. The molecule has 20 heavy (non-hydrogen) atoms. The Kier molecular flexibility index (Phi) is 7.03. The summed E-state index contributed by atoms with van der Waals surface area (Å²) in [6.45, 7) is 8.56. The molecule has 1 aliphatic carbocycles. The van der Waals surface area contributed by atoms with Gasteiger partial charge in [0.2, 0.25) is 6.43 Å². The number of hydrogen-bond donors (Lipinski definition) is 0. The van der Waals surface area contributed by atoms with Gasteiger partial charge in [0.25, 0.3) is 0 Å². The maximum atomic E-state index is 12.8. The van der Waals surface area contributed by atoms with Gasteiger partial charge in [-0.3, -0.25) is 9.98 Å². The van der Waals surface area contributed by atoms with E-state index in [1.54, 1.807) is 6.21 Å². The van der Waals surface area contributed by atoms with Crippen molar-refractivity contribution in [2.75, 3.05) is 6.54 Å². The lowest BCUT2D eigenvalue weighted by Crippen LogP contribution is -2.15. The van der Waals surface area contributed by atoms with Gasteiger partial charge in [0, 0.05) is 17.5 Å². The molecule has 1 rings (SSSR count). The molecule has 0 N–H and O–H groups in total. The Morgan fingerprint density at radius 1 is 1.30 bits per heavy atom. The second-order valence-electron chi connectivity index (χ2n) is 5.85. The number of nitrogens with zero attached hydrogens (tertiary/aromatic N) is 2. The molecular formula is C16H26F2N2. The van der Waals surface area contributed by atoms with Gasteiger partial charge < -0.3 is 0 Å². The van der Waals surface area contributed by atoms with Crippen LogP contribution in [0.5, 0.6) is 0 Å². The molecule has 0 amide bonds. The summed E-state index contributed by atoms with van der Waals surface area (Å²) >= 11 is 0. The van der Waals surface area contributed by atoms with E-state index in [1.165, 1.54) is 0 Å². The molecule has 2 nitrogen and oxygen atoms in total. The standard InChI is InChI=1S/C16H26F2N2/c1-5-19-12(4)10-20-15(8-11(2)3)13-6-7-14(9-13)16(17)18/h5,8,12-14,16H,6-7,9-10H2,1-4H3/b19-5+,20-15+/t12?,13?,14-/m1/s1. The zero-order valence-electron chi connectivity index (χ0n) is 12.9. The summed E-state index contributed by atoms with van der Waals surface area (Å²) in [6.07, 6.45) is 3.62. The van der Waals surface area contributed by atoms with Crippen LogP contribution in [0.2, 0.25) is 0 Å². The Morgan fingerprint density at radius 2 is 2.00 bits per heavy atom. The summed E-state index contributed by atoms with van der Waals surface area (Å²) < 4.78 is 25.6. The third kappa shape index (κ3) is 5.51. The van der Waals surface area contributed by atoms with Crippen molar-refractivity contribution in [3.05, 3.63) is 11.6 Å². The van der Waals surface area contributed by atoms with Crippen molar-refractivity contribution in [1.82, 2.24) is 0 Å². The maximum absolute atomic E-state index is 12.8. The average Bonchev–Trinajstić information content (AvgIpc) is 2.84. The van der Waals surface area contributed by atoms with Gasteiger partial charge in [-0.2, -0.15) is 0 Å². The van der Waals surface area contributed by atoms with E-state index in [0.29, 0.717) is 19.4 Å². The first kappa shape index (κ1) is 17.0. The summed E-state index contributed by atoms with van der Waals surface area (Å²) in [7, 11) is 0.